The van der Waals surface area contributed by atoms with E-state index < -0.39 is 0 Å². The minimum atomic E-state index is 1.11. The molecular formula is C25H44. The van der Waals surface area contributed by atoms with Gasteiger partial charge in [-0.2, -0.15) is 0 Å². The summed E-state index contributed by atoms with van der Waals surface area (Å²) in [6.07, 6.45) is 23.3. The van der Waals surface area contributed by atoms with Crippen molar-refractivity contribution in [3.8, 4) is 0 Å². The van der Waals surface area contributed by atoms with Crippen LogP contribution >= 0.6 is 0 Å². The second kappa shape index (κ2) is 8.35. The lowest BCUT2D eigenvalue weighted by atomic mass is 9.69. The molecule has 0 heterocycles. The van der Waals surface area contributed by atoms with Crippen molar-refractivity contribution in [2.24, 2.45) is 47.3 Å². The summed E-state index contributed by atoms with van der Waals surface area (Å²) in [5, 5.41) is 0. The third-order valence-electron chi connectivity index (χ3n) is 9.07. The summed E-state index contributed by atoms with van der Waals surface area (Å²) in [7, 11) is 0. The van der Waals surface area contributed by atoms with Crippen LogP contribution in [0.1, 0.15) is 110 Å². The molecule has 0 aromatic rings. The van der Waals surface area contributed by atoms with E-state index in [1.54, 1.807) is 64.2 Å². The van der Waals surface area contributed by atoms with Gasteiger partial charge in [0.05, 0.1) is 0 Å². The predicted octanol–water partition coefficient (Wildman–Crippen LogP) is 7.86. The van der Waals surface area contributed by atoms with Crippen molar-refractivity contribution >= 4 is 0 Å². The number of rotatable bonds is 11. The minimum absolute atomic E-state index is 1.11. The zero-order valence-corrected chi connectivity index (χ0v) is 17.2. The Labute approximate surface area is 157 Å². The highest BCUT2D eigenvalue weighted by molar-refractivity contribution is 5.01. The van der Waals surface area contributed by atoms with Gasteiger partial charge in [-0.3, -0.25) is 0 Å². The Hall–Kier alpha value is 0. The Bertz CT molecular complexity index is 412. The molecule has 8 atom stereocenters. The third-order valence-corrected chi connectivity index (χ3v) is 9.07. The highest BCUT2D eigenvalue weighted by Crippen LogP contribution is 2.60. The van der Waals surface area contributed by atoms with Gasteiger partial charge in [0.1, 0.15) is 0 Å². The molecule has 8 unspecified atom stereocenters. The van der Waals surface area contributed by atoms with Crippen LogP contribution in [0.2, 0.25) is 0 Å². The molecule has 0 radical (unpaired) electrons. The van der Waals surface area contributed by atoms with Crippen LogP contribution in [0, 0.1) is 47.3 Å². The van der Waals surface area contributed by atoms with Crippen molar-refractivity contribution in [3.05, 3.63) is 0 Å². The van der Waals surface area contributed by atoms with Gasteiger partial charge in [-0.15, -0.1) is 0 Å². The average Bonchev–Trinajstić information content (AvgIpc) is 3.49. The maximum atomic E-state index is 2.36. The van der Waals surface area contributed by atoms with Crippen LogP contribution in [0.4, 0.5) is 0 Å². The van der Waals surface area contributed by atoms with Gasteiger partial charge < -0.3 is 0 Å². The quantitative estimate of drug-likeness (QED) is 0.358. The summed E-state index contributed by atoms with van der Waals surface area (Å²) < 4.78 is 0. The van der Waals surface area contributed by atoms with Crippen LogP contribution in [0.3, 0.4) is 0 Å². The lowest BCUT2D eigenvalue weighted by Crippen LogP contribution is -2.26. The summed E-state index contributed by atoms with van der Waals surface area (Å²) in [5.74, 6) is 9.20. The molecule has 0 heteroatoms. The number of hydrogen-bond donors (Lipinski definition) is 0. The first-order chi connectivity index (χ1) is 12.3. The molecule has 0 nitrogen and oxygen atoms in total. The van der Waals surface area contributed by atoms with Gasteiger partial charge in [0.2, 0.25) is 0 Å². The molecule has 0 amide bonds. The zero-order chi connectivity index (χ0) is 17.2. The van der Waals surface area contributed by atoms with Gasteiger partial charge in [0, 0.05) is 0 Å². The van der Waals surface area contributed by atoms with E-state index in [4.69, 9.17) is 0 Å². The van der Waals surface area contributed by atoms with Gasteiger partial charge in [-0.25, -0.2) is 0 Å². The topological polar surface area (TPSA) is 0 Å². The summed E-state index contributed by atoms with van der Waals surface area (Å²) in [4.78, 5) is 0. The molecule has 4 aliphatic rings. The van der Waals surface area contributed by atoms with E-state index in [2.05, 4.69) is 13.8 Å². The normalized spacial score (nSPS) is 44.9. The smallest absolute Gasteiger partial charge is 0.0349 e. The molecule has 0 aliphatic heterocycles. The fourth-order valence-corrected chi connectivity index (χ4v) is 7.04. The van der Waals surface area contributed by atoms with E-state index in [0.717, 1.165) is 29.6 Å². The molecular weight excluding hydrogens is 300 g/mol. The maximum Gasteiger partial charge on any atom is -0.0349 e. The van der Waals surface area contributed by atoms with E-state index in [-0.39, 0.29) is 0 Å². The molecule has 4 fully saturated rings. The van der Waals surface area contributed by atoms with E-state index >= 15 is 0 Å². The summed E-state index contributed by atoms with van der Waals surface area (Å²) in [6.45, 7) is 4.71. The van der Waals surface area contributed by atoms with Gasteiger partial charge in [0.25, 0.3) is 0 Å². The molecule has 0 aromatic heterocycles. The van der Waals surface area contributed by atoms with Crippen LogP contribution in [0.15, 0.2) is 0 Å². The molecule has 144 valence electrons. The molecule has 0 aromatic carbocycles. The van der Waals surface area contributed by atoms with Crippen molar-refractivity contribution in [1.29, 1.82) is 0 Å². The van der Waals surface area contributed by atoms with Crippen LogP contribution in [0.25, 0.3) is 0 Å². The fraction of sp³-hybridized carbons (Fsp3) is 1.00. The lowest BCUT2D eigenvalue weighted by Gasteiger charge is -2.37. The molecule has 0 N–H and O–H groups in total. The fourth-order valence-electron chi connectivity index (χ4n) is 7.04. The SMILES string of the molecule is CCCCC1CCC2C(CCC3CCC3CCC3CC3CCC)C2C1. The standard InChI is InChI=1S/C25H44/c1-3-5-7-18-8-14-23-24(25(23)16-18)15-13-20-10-9-19(20)11-12-22-17-21(22)6-4-2/h18-25H,3-17H2,1-2H3. The van der Waals surface area contributed by atoms with Crippen molar-refractivity contribution in [3.63, 3.8) is 0 Å². The Morgan fingerprint density at radius 2 is 1.28 bits per heavy atom. The Morgan fingerprint density at radius 1 is 0.560 bits per heavy atom. The zero-order valence-electron chi connectivity index (χ0n) is 17.2. The summed E-state index contributed by atoms with van der Waals surface area (Å²) in [6, 6.07) is 0. The first kappa shape index (κ1) is 18.4. The molecule has 4 aliphatic carbocycles. The van der Waals surface area contributed by atoms with Crippen LogP contribution < -0.4 is 0 Å². The average molecular weight is 345 g/mol. The maximum absolute atomic E-state index is 2.36. The van der Waals surface area contributed by atoms with Gasteiger partial charge >= 0.3 is 0 Å². The largest absolute Gasteiger partial charge is 0.0654 e. The Balaban J connectivity index is 1.10. The van der Waals surface area contributed by atoms with Crippen LogP contribution in [0.5, 0.6) is 0 Å². The van der Waals surface area contributed by atoms with E-state index in [9.17, 15) is 0 Å². The molecule has 4 rings (SSSR count). The number of fused-ring (bicyclic) bond motifs is 1. The van der Waals surface area contributed by atoms with E-state index in [1.165, 1.54) is 49.9 Å². The highest BCUT2D eigenvalue weighted by Gasteiger charge is 2.52. The second-order valence-corrected chi connectivity index (χ2v) is 10.6. The molecule has 4 saturated carbocycles. The van der Waals surface area contributed by atoms with Crippen molar-refractivity contribution in [2.75, 3.05) is 0 Å². The predicted molar refractivity (Wildman–Crippen MR) is 109 cm³/mol. The van der Waals surface area contributed by atoms with Gasteiger partial charge in [-0.1, -0.05) is 52.4 Å². The van der Waals surface area contributed by atoms with Crippen molar-refractivity contribution in [1.82, 2.24) is 0 Å². The Kier molecular flexibility index (Phi) is 6.13. The van der Waals surface area contributed by atoms with E-state index in [1.807, 2.05) is 0 Å². The molecule has 25 heavy (non-hydrogen) atoms. The number of unbranched alkanes of at least 4 members (excludes halogenated alkanes) is 1. The minimum Gasteiger partial charge on any atom is -0.0654 e. The number of hydrogen-bond acceptors (Lipinski definition) is 0. The van der Waals surface area contributed by atoms with Crippen LogP contribution in [-0.4, -0.2) is 0 Å². The Morgan fingerprint density at radius 3 is 2.00 bits per heavy atom. The third kappa shape index (κ3) is 4.47. The van der Waals surface area contributed by atoms with Crippen molar-refractivity contribution < 1.29 is 0 Å². The summed E-state index contributed by atoms with van der Waals surface area (Å²) in [5.41, 5.74) is 0. The monoisotopic (exact) mass is 344 g/mol. The van der Waals surface area contributed by atoms with Crippen molar-refractivity contribution in [2.45, 2.75) is 110 Å². The van der Waals surface area contributed by atoms with E-state index in [0.29, 0.717) is 0 Å². The summed E-state index contributed by atoms with van der Waals surface area (Å²) >= 11 is 0. The van der Waals surface area contributed by atoms with Crippen LogP contribution in [-0.2, 0) is 0 Å². The first-order valence-corrected chi connectivity index (χ1v) is 12.3. The molecule has 0 saturated heterocycles. The van der Waals surface area contributed by atoms with Gasteiger partial charge in [-0.05, 0) is 105 Å². The lowest BCUT2D eigenvalue weighted by molar-refractivity contribution is 0.141. The second-order valence-electron chi connectivity index (χ2n) is 10.6. The van der Waals surface area contributed by atoms with Gasteiger partial charge in [0.15, 0.2) is 0 Å². The molecule has 0 spiro atoms. The molecule has 0 bridgehead atoms. The highest BCUT2D eigenvalue weighted by atomic mass is 14.6. The first-order valence-electron chi connectivity index (χ1n) is 12.3.